The minimum Gasteiger partial charge on any atom is -0.386 e. The van der Waals surface area contributed by atoms with Crippen LogP contribution in [0.2, 0.25) is 5.02 Å². The van der Waals surface area contributed by atoms with Crippen LogP contribution in [0.3, 0.4) is 0 Å². The van der Waals surface area contributed by atoms with Gasteiger partial charge in [-0.2, -0.15) is 0 Å². The SMILES string of the molecule is C[C@H](NC(=O)[C@@H]1CCOC1)[C@@H](O)c1c(F)cccc1Cl. The lowest BCUT2D eigenvalue weighted by Crippen LogP contribution is -2.41. The predicted molar refractivity (Wildman–Crippen MR) is 72.9 cm³/mol. The summed E-state index contributed by atoms with van der Waals surface area (Å²) in [6.45, 7) is 2.56. The van der Waals surface area contributed by atoms with E-state index in [-0.39, 0.29) is 22.4 Å². The molecule has 0 spiro atoms. The third-order valence-corrected chi connectivity index (χ3v) is 3.77. The summed E-state index contributed by atoms with van der Waals surface area (Å²) in [4.78, 5) is 11.9. The third-order valence-electron chi connectivity index (χ3n) is 3.44. The van der Waals surface area contributed by atoms with Gasteiger partial charge in [-0.15, -0.1) is 0 Å². The van der Waals surface area contributed by atoms with Crippen molar-refractivity contribution < 1.29 is 19.0 Å². The fourth-order valence-corrected chi connectivity index (χ4v) is 2.48. The molecule has 0 aromatic heterocycles. The van der Waals surface area contributed by atoms with Gasteiger partial charge in [0.05, 0.1) is 18.6 Å². The third kappa shape index (κ3) is 3.29. The van der Waals surface area contributed by atoms with E-state index >= 15 is 0 Å². The lowest BCUT2D eigenvalue weighted by Gasteiger charge is -2.23. The normalized spacial score (nSPS) is 21.5. The molecule has 0 radical (unpaired) electrons. The predicted octanol–water partition coefficient (Wildman–Crippen LogP) is 2.05. The van der Waals surface area contributed by atoms with Gasteiger partial charge in [-0.3, -0.25) is 4.79 Å². The second-order valence-corrected chi connectivity index (χ2v) is 5.35. The van der Waals surface area contributed by atoms with Crippen molar-refractivity contribution >= 4 is 17.5 Å². The van der Waals surface area contributed by atoms with E-state index < -0.39 is 18.0 Å². The van der Waals surface area contributed by atoms with Gasteiger partial charge >= 0.3 is 0 Å². The van der Waals surface area contributed by atoms with Gasteiger partial charge in [0.25, 0.3) is 0 Å². The highest BCUT2D eigenvalue weighted by molar-refractivity contribution is 6.31. The van der Waals surface area contributed by atoms with E-state index in [9.17, 15) is 14.3 Å². The number of rotatable bonds is 4. The first kappa shape index (κ1) is 15.2. The van der Waals surface area contributed by atoms with E-state index in [0.29, 0.717) is 19.6 Å². The molecular weight excluding hydrogens is 285 g/mol. The maximum absolute atomic E-state index is 13.7. The van der Waals surface area contributed by atoms with Crippen molar-refractivity contribution in [1.82, 2.24) is 5.32 Å². The highest BCUT2D eigenvalue weighted by Gasteiger charge is 2.28. The minimum atomic E-state index is -1.20. The number of aliphatic hydroxyl groups excluding tert-OH is 1. The van der Waals surface area contributed by atoms with Gasteiger partial charge < -0.3 is 15.2 Å². The molecular formula is C14H17ClFNO3. The highest BCUT2D eigenvalue weighted by Crippen LogP contribution is 2.28. The monoisotopic (exact) mass is 301 g/mol. The maximum atomic E-state index is 13.7. The van der Waals surface area contributed by atoms with Gasteiger partial charge in [-0.05, 0) is 25.5 Å². The van der Waals surface area contributed by atoms with E-state index in [0.717, 1.165) is 0 Å². The number of benzene rings is 1. The Morgan fingerprint density at radius 3 is 2.95 bits per heavy atom. The van der Waals surface area contributed by atoms with Gasteiger partial charge in [-0.25, -0.2) is 4.39 Å². The van der Waals surface area contributed by atoms with Crippen LogP contribution in [0.1, 0.15) is 25.0 Å². The molecule has 1 aliphatic rings. The standard InChI is InChI=1S/C14H17ClFNO3/c1-8(17-14(19)9-5-6-20-7-9)13(18)12-10(15)3-2-4-11(12)16/h2-4,8-9,13,18H,5-7H2,1H3,(H,17,19)/t8-,9+,13+/m0/s1. The average Bonchev–Trinajstić information content (AvgIpc) is 2.92. The summed E-state index contributed by atoms with van der Waals surface area (Å²) in [6, 6.07) is 3.55. The van der Waals surface area contributed by atoms with Crippen molar-refractivity contribution in [2.24, 2.45) is 5.92 Å². The molecule has 1 fully saturated rings. The summed E-state index contributed by atoms with van der Waals surface area (Å²) < 4.78 is 18.9. The Kier molecular flexibility index (Phi) is 4.96. The number of carbonyl (C=O) groups is 1. The Morgan fingerprint density at radius 2 is 2.35 bits per heavy atom. The van der Waals surface area contributed by atoms with Crippen molar-refractivity contribution in [3.63, 3.8) is 0 Å². The average molecular weight is 302 g/mol. The van der Waals surface area contributed by atoms with Crippen LogP contribution in [0.5, 0.6) is 0 Å². The van der Waals surface area contributed by atoms with Crippen LogP contribution < -0.4 is 5.32 Å². The van der Waals surface area contributed by atoms with Gasteiger partial charge in [0, 0.05) is 17.2 Å². The summed E-state index contributed by atoms with van der Waals surface area (Å²) in [6.07, 6.45) is -0.537. The van der Waals surface area contributed by atoms with Crippen LogP contribution in [-0.4, -0.2) is 30.3 Å². The summed E-state index contributed by atoms with van der Waals surface area (Å²) in [5, 5.41) is 13.0. The highest BCUT2D eigenvalue weighted by atomic mass is 35.5. The van der Waals surface area contributed by atoms with Crippen LogP contribution in [-0.2, 0) is 9.53 Å². The molecule has 1 saturated heterocycles. The molecule has 110 valence electrons. The number of halogens is 2. The van der Waals surface area contributed by atoms with Crippen molar-refractivity contribution in [3.05, 3.63) is 34.6 Å². The van der Waals surface area contributed by atoms with Crippen molar-refractivity contribution in [1.29, 1.82) is 0 Å². The van der Waals surface area contributed by atoms with Gasteiger partial charge in [-0.1, -0.05) is 17.7 Å². The quantitative estimate of drug-likeness (QED) is 0.895. The second kappa shape index (κ2) is 6.52. The largest absolute Gasteiger partial charge is 0.386 e. The Morgan fingerprint density at radius 1 is 1.60 bits per heavy atom. The van der Waals surface area contributed by atoms with Gasteiger partial charge in [0.2, 0.25) is 5.91 Å². The Hall–Kier alpha value is -1.17. The Labute approximate surface area is 121 Å². The van der Waals surface area contributed by atoms with E-state index in [1.807, 2.05) is 0 Å². The summed E-state index contributed by atoms with van der Waals surface area (Å²) in [5.41, 5.74) is 0.00430. The first-order chi connectivity index (χ1) is 9.50. The lowest BCUT2D eigenvalue weighted by molar-refractivity contribution is -0.126. The van der Waals surface area contributed by atoms with Gasteiger partial charge in [0.1, 0.15) is 11.9 Å². The lowest BCUT2D eigenvalue weighted by atomic mass is 10.0. The molecule has 3 atom stereocenters. The van der Waals surface area contributed by atoms with Crippen molar-refractivity contribution in [2.45, 2.75) is 25.5 Å². The van der Waals surface area contributed by atoms with E-state index in [1.54, 1.807) is 6.92 Å². The summed E-state index contributed by atoms with van der Waals surface area (Å²) >= 11 is 5.90. The number of aliphatic hydroxyl groups is 1. The molecule has 2 rings (SSSR count). The molecule has 20 heavy (non-hydrogen) atoms. The fourth-order valence-electron chi connectivity index (χ4n) is 2.21. The van der Waals surface area contributed by atoms with Crippen LogP contribution in [0, 0.1) is 11.7 Å². The van der Waals surface area contributed by atoms with Crippen LogP contribution in [0.15, 0.2) is 18.2 Å². The molecule has 1 amide bonds. The molecule has 1 heterocycles. The van der Waals surface area contributed by atoms with Crippen LogP contribution >= 0.6 is 11.6 Å². The zero-order chi connectivity index (χ0) is 14.7. The summed E-state index contributed by atoms with van der Waals surface area (Å²) in [7, 11) is 0. The second-order valence-electron chi connectivity index (χ2n) is 4.94. The van der Waals surface area contributed by atoms with Crippen LogP contribution in [0.25, 0.3) is 0 Å². The Balaban J connectivity index is 2.04. The van der Waals surface area contributed by atoms with Crippen molar-refractivity contribution in [2.75, 3.05) is 13.2 Å². The zero-order valence-corrected chi connectivity index (χ0v) is 11.9. The molecule has 1 aromatic rings. The molecule has 0 bridgehead atoms. The number of amides is 1. The van der Waals surface area contributed by atoms with E-state index in [4.69, 9.17) is 16.3 Å². The number of ether oxygens (including phenoxy) is 1. The number of nitrogens with one attached hydrogen (secondary N) is 1. The smallest absolute Gasteiger partial charge is 0.225 e. The molecule has 6 heteroatoms. The first-order valence-electron chi connectivity index (χ1n) is 6.50. The molecule has 0 saturated carbocycles. The first-order valence-corrected chi connectivity index (χ1v) is 6.88. The maximum Gasteiger partial charge on any atom is 0.225 e. The number of hydrogen-bond donors (Lipinski definition) is 2. The van der Waals surface area contributed by atoms with Gasteiger partial charge in [0.15, 0.2) is 0 Å². The molecule has 1 aliphatic heterocycles. The topological polar surface area (TPSA) is 58.6 Å². The fraction of sp³-hybridized carbons (Fsp3) is 0.500. The molecule has 1 aromatic carbocycles. The summed E-state index contributed by atoms with van der Waals surface area (Å²) in [5.74, 6) is -0.988. The molecule has 2 N–H and O–H groups in total. The van der Waals surface area contributed by atoms with Crippen molar-refractivity contribution in [3.8, 4) is 0 Å². The molecule has 4 nitrogen and oxygen atoms in total. The Bertz CT molecular complexity index is 471. The zero-order valence-electron chi connectivity index (χ0n) is 11.1. The van der Waals surface area contributed by atoms with Crippen LogP contribution in [0.4, 0.5) is 4.39 Å². The molecule has 0 aliphatic carbocycles. The molecule has 0 unspecified atom stereocenters. The number of carbonyl (C=O) groups excluding carboxylic acids is 1. The minimum absolute atomic E-state index is 0.00430. The number of hydrogen-bond acceptors (Lipinski definition) is 3. The van der Waals surface area contributed by atoms with E-state index in [1.165, 1.54) is 18.2 Å². The van der Waals surface area contributed by atoms with E-state index in [2.05, 4.69) is 5.32 Å².